The monoisotopic (exact) mass is 200 g/mol. The van der Waals surface area contributed by atoms with Crippen LogP contribution in [0.5, 0.6) is 5.88 Å². The lowest BCUT2D eigenvalue weighted by atomic mass is 10.3. The van der Waals surface area contributed by atoms with Crippen LogP contribution in [0.2, 0.25) is 0 Å². The SMILES string of the molecule is CNC(=O)c1ccc(OCCl)nc1. The number of nitrogens with zero attached hydrogens (tertiary/aromatic N) is 1. The van der Waals surface area contributed by atoms with E-state index in [-0.39, 0.29) is 12.0 Å². The molecule has 0 atom stereocenters. The molecule has 70 valence electrons. The molecule has 0 bridgehead atoms. The van der Waals surface area contributed by atoms with Gasteiger partial charge in [0, 0.05) is 19.3 Å². The van der Waals surface area contributed by atoms with Crippen LogP contribution >= 0.6 is 11.6 Å². The summed E-state index contributed by atoms with van der Waals surface area (Å²) in [5, 5.41) is 2.49. The molecule has 1 aromatic rings. The Bertz CT molecular complexity index is 287. The second kappa shape index (κ2) is 4.67. The van der Waals surface area contributed by atoms with Crippen molar-refractivity contribution in [1.82, 2.24) is 10.3 Å². The molecule has 0 saturated carbocycles. The second-order valence-electron chi connectivity index (χ2n) is 2.22. The number of nitrogens with one attached hydrogen (secondary N) is 1. The molecule has 0 aliphatic rings. The van der Waals surface area contributed by atoms with Crippen molar-refractivity contribution >= 4 is 17.5 Å². The topological polar surface area (TPSA) is 51.2 Å². The maximum atomic E-state index is 11.1. The zero-order valence-corrected chi connectivity index (χ0v) is 7.84. The summed E-state index contributed by atoms with van der Waals surface area (Å²) >= 11 is 5.32. The minimum absolute atomic E-state index is 0.0479. The van der Waals surface area contributed by atoms with E-state index in [0.717, 1.165) is 0 Å². The van der Waals surface area contributed by atoms with Gasteiger partial charge in [-0.3, -0.25) is 4.79 Å². The molecule has 1 heterocycles. The maximum absolute atomic E-state index is 11.1. The molecule has 5 heteroatoms. The zero-order valence-electron chi connectivity index (χ0n) is 7.08. The highest BCUT2D eigenvalue weighted by atomic mass is 35.5. The number of hydrogen-bond donors (Lipinski definition) is 1. The molecule has 0 aliphatic carbocycles. The molecule has 0 saturated heterocycles. The first-order chi connectivity index (χ1) is 6.27. The summed E-state index contributed by atoms with van der Waals surface area (Å²) in [6.45, 7) is 0. The maximum Gasteiger partial charge on any atom is 0.252 e. The van der Waals surface area contributed by atoms with E-state index < -0.39 is 0 Å². The van der Waals surface area contributed by atoms with Gasteiger partial charge in [0.25, 0.3) is 5.91 Å². The van der Waals surface area contributed by atoms with Crippen LogP contribution < -0.4 is 10.1 Å². The zero-order chi connectivity index (χ0) is 9.68. The van der Waals surface area contributed by atoms with Crippen LogP contribution in [0.15, 0.2) is 18.3 Å². The summed E-state index contributed by atoms with van der Waals surface area (Å²) in [6.07, 6.45) is 1.43. The Morgan fingerprint density at radius 3 is 2.92 bits per heavy atom. The third-order valence-electron chi connectivity index (χ3n) is 1.43. The van der Waals surface area contributed by atoms with Crippen LogP contribution in [-0.4, -0.2) is 24.0 Å². The largest absolute Gasteiger partial charge is 0.461 e. The number of aromatic nitrogens is 1. The van der Waals surface area contributed by atoms with Gasteiger partial charge in [0.2, 0.25) is 5.88 Å². The molecule has 0 unspecified atom stereocenters. The molecular weight excluding hydrogens is 192 g/mol. The number of ether oxygens (including phenoxy) is 1. The summed E-state index contributed by atoms with van der Waals surface area (Å²) in [7, 11) is 1.56. The Labute approximate surface area is 80.9 Å². The lowest BCUT2D eigenvalue weighted by Gasteiger charge is -2.01. The fourth-order valence-electron chi connectivity index (χ4n) is 0.800. The van der Waals surface area contributed by atoms with Gasteiger partial charge < -0.3 is 10.1 Å². The van der Waals surface area contributed by atoms with E-state index in [1.165, 1.54) is 6.20 Å². The highest BCUT2D eigenvalue weighted by molar-refractivity contribution is 6.17. The summed E-state index contributed by atoms with van der Waals surface area (Å²) in [5.41, 5.74) is 0.490. The highest BCUT2D eigenvalue weighted by Gasteiger charge is 2.02. The highest BCUT2D eigenvalue weighted by Crippen LogP contribution is 2.07. The number of hydrogen-bond acceptors (Lipinski definition) is 3. The van der Waals surface area contributed by atoms with E-state index in [4.69, 9.17) is 16.3 Å². The molecule has 0 aromatic carbocycles. The summed E-state index contributed by atoms with van der Waals surface area (Å²) < 4.78 is 4.90. The molecule has 1 aromatic heterocycles. The van der Waals surface area contributed by atoms with Crippen molar-refractivity contribution < 1.29 is 9.53 Å². The van der Waals surface area contributed by atoms with Crippen LogP contribution in [0, 0.1) is 0 Å². The van der Waals surface area contributed by atoms with E-state index in [1.54, 1.807) is 19.2 Å². The van der Waals surface area contributed by atoms with Gasteiger partial charge >= 0.3 is 0 Å². The van der Waals surface area contributed by atoms with Crippen LogP contribution in [-0.2, 0) is 0 Å². The van der Waals surface area contributed by atoms with Gasteiger partial charge in [0.1, 0.15) is 0 Å². The molecule has 1 amide bonds. The summed E-state index contributed by atoms with van der Waals surface area (Å²) in [6, 6.07) is 3.26. The van der Waals surface area contributed by atoms with Crippen molar-refractivity contribution in [1.29, 1.82) is 0 Å². The van der Waals surface area contributed by atoms with Gasteiger partial charge in [-0.2, -0.15) is 0 Å². The Kier molecular flexibility index (Phi) is 3.52. The number of pyridine rings is 1. The van der Waals surface area contributed by atoms with E-state index in [1.807, 2.05) is 0 Å². The molecule has 0 fully saturated rings. The predicted octanol–water partition coefficient (Wildman–Crippen LogP) is 1.02. The molecule has 13 heavy (non-hydrogen) atoms. The standard InChI is InChI=1S/C8H9ClN2O2/c1-10-8(12)6-2-3-7(11-4-6)13-5-9/h2-4H,5H2,1H3,(H,10,12). The van der Waals surface area contributed by atoms with Crippen LogP contribution in [0.4, 0.5) is 0 Å². The molecule has 4 nitrogen and oxygen atoms in total. The fourth-order valence-corrected chi connectivity index (χ4v) is 0.912. The van der Waals surface area contributed by atoms with E-state index in [0.29, 0.717) is 11.4 Å². The minimum atomic E-state index is -0.176. The molecule has 0 radical (unpaired) electrons. The predicted molar refractivity (Wildman–Crippen MR) is 49.0 cm³/mol. The van der Waals surface area contributed by atoms with E-state index in [2.05, 4.69) is 10.3 Å². The molecule has 0 spiro atoms. The van der Waals surface area contributed by atoms with Gasteiger partial charge in [-0.05, 0) is 6.07 Å². The van der Waals surface area contributed by atoms with Gasteiger partial charge in [0.15, 0.2) is 6.07 Å². The van der Waals surface area contributed by atoms with Crippen molar-refractivity contribution in [2.75, 3.05) is 13.1 Å². The number of carbonyl (C=O) groups excluding carboxylic acids is 1. The quantitative estimate of drug-likeness (QED) is 0.742. The van der Waals surface area contributed by atoms with Crippen molar-refractivity contribution in [3.05, 3.63) is 23.9 Å². The van der Waals surface area contributed by atoms with Crippen molar-refractivity contribution in [2.24, 2.45) is 0 Å². The van der Waals surface area contributed by atoms with E-state index in [9.17, 15) is 4.79 Å². The first kappa shape index (κ1) is 9.80. The minimum Gasteiger partial charge on any atom is -0.461 e. The van der Waals surface area contributed by atoms with Crippen LogP contribution in [0.1, 0.15) is 10.4 Å². The molecule has 1 N–H and O–H groups in total. The lowest BCUT2D eigenvalue weighted by molar-refractivity contribution is 0.0962. The summed E-state index contributed by atoms with van der Waals surface area (Å²) in [5.74, 6) is 0.229. The Hall–Kier alpha value is -1.29. The average Bonchev–Trinajstić information content (AvgIpc) is 2.18. The van der Waals surface area contributed by atoms with Gasteiger partial charge in [-0.25, -0.2) is 4.98 Å². The molecule has 0 aliphatic heterocycles. The average molecular weight is 201 g/mol. The number of amides is 1. The van der Waals surface area contributed by atoms with E-state index >= 15 is 0 Å². The van der Waals surface area contributed by atoms with Crippen LogP contribution in [0.3, 0.4) is 0 Å². The summed E-state index contributed by atoms with van der Waals surface area (Å²) in [4.78, 5) is 14.9. The first-order valence-corrected chi connectivity index (χ1v) is 4.18. The van der Waals surface area contributed by atoms with Crippen LogP contribution in [0.25, 0.3) is 0 Å². The second-order valence-corrected chi connectivity index (χ2v) is 2.44. The number of halogens is 1. The van der Waals surface area contributed by atoms with Gasteiger partial charge in [-0.15, -0.1) is 0 Å². The Morgan fingerprint density at radius 2 is 2.46 bits per heavy atom. The Morgan fingerprint density at radius 1 is 1.69 bits per heavy atom. The van der Waals surface area contributed by atoms with Crippen molar-refractivity contribution in [3.63, 3.8) is 0 Å². The Balaban J connectivity index is 2.75. The normalized spacial score (nSPS) is 9.38. The molecule has 1 rings (SSSR count). The fraction of sp³-hybridized carbons (Fsp3) is 0.250. The third kappa shape index (κ3) is 2.59. The number of carbonyl (C=O) groups is 1. The lowest BCUT2D eigenvalue weighted by Crippen LogP contribution is -2.17. The number of alkyl halides is 1. The third-order valence-corrected chi connectivity index (χ3v) is 1.54. The van der Waals surface area contributed by atoms with Gasteiger partial charge in [0.05, 0.1) is 5.56 Å². The first-order valence-electron chi connectivity index (χ1n) is 3.65. The van der Waals surface area contributed by atoms with Gasteiger partial charge in [-0.1, -0.05) is 11.6 Å². The van der Waals surface area contributed by atoms with Crippen molar-refractivity contribution in [2.45, 2.75) is 0 Å². The smallest absolute Gasteiger partial charge is 0.252 e. The van der Waals surface area contributed by atoms with Crippen molar-refractivity contribution in [3.8, 4) is 5.88 Å². The molecular formula is C8H9ClN2O2. The number of rotatable bonds is 3.